The van der Waals surface area contributed by atoms with Crippen LogP contribution in [-0.2, 0) is 18.0 Å². The van der Waals surface area contributed by atoms with E-state index in [-0.39, 0.29) is 22.9 Å². The van der Waals surface area contributed by atoms with Crippen molar-refractivity contribution in [3.05, 3.63) is 27.5 Å². The van der Waals surface area contributed by atoms with Crippen LogP contribution in [0.15, 0.2) is 0 Å². The number of hydrogen-bond donors (Lipinski definition) is 1. The number of nitrogens with two attached hydrogens (primary N) is 1. The van der Waals surface area contributed by atoms with Gasteiger partial charge in [-0.05, 0) is 0 Å². The number of nitrogens with zero attached hydrogens (tertiary/aromatic N) is 2. The molecule has 1 aliphatic heterocycles. The third-order valence-corrected chi connectivity index (χ3v) is 2.46. The fourth-order valence-electron chi connectivity index (χ4n) is 1.54. The highest BCUT2D eigenvalue weighted by atomic mass is 35.5. The molecule has 1 aromatic rings. The molecule has 1 amide bonds. The fraction of sp³-hybridized carbons (Fsp3) is 0.222. The molecule has 15 heavy (non-hydrogen) atoms. The third kappa shape index (κ3) is 1.44. The molecule has 0 saturated heterocycles. The predicted octanol–water partition coefficient (Wildman–Crippen LogP) is 0.736. The highest BCUT2D eigenvalue weighted by Gasteiger charge is 2.25. The average Bonchev–Trinajstić information content (AvgIpc) is 2.62. The molecule has 0 aliphatic carbocycles. The van der Waals surface area contributed by atoms with E-state index in [0.29, 0.717) is 17.9 Å². The summed E-state index contributed by atoms with van der Waals surface area (Å²) in [6.45, 7) is 0.535. The molecule has 0 radical (unpaired) electrons. The number of halogens is 1. The number of pyridine rings is 1. The predicted molar refractivity (Wildman–Crippen MR) is 51.0 cm³/mol. The number of amides is 1. The molecular weight excluding hydrogens is 218 g/mol. The molecule has 0 aromatic carbocycles. The number of nitriles is 1. The zero-order chi connectivity index (χ0) is 11.0. The lowest BCUT2D eigenvalue weighted by atomic mass is 10.0. The number of carbonyl (C=O) groups excluding carboxylic acids is 1. The Labute approximate surface area is 90.4 Å². The van der Waals surface area contributed by atoms with Gasteiger partial charge in [-0.2, -0.15) is 5.26 Å². The topological polar surface area (TPSA) is 89.0 Å². The fourth-order valence-corrected chi connectivity index (χ4v) is 1.78. The van der Waals surface area contributed by atoms with E-state index in [0.717, 1.165) is 0 Å². The number of fused-ring (bicyclic) bond motifs is 1. The van der Waals surface area contributed by atoms with Crippen LogP contribution in [0.1, 0.15) is 27.2 Å². The molecule has 2 rings (SSSR count). The lowest BCUT2D eigenvalue weighted by Crippen LogP contribution is -2.17. The summed E-state index contributed by atoms with van der Waals surface area (Å²) in [5.41, 5.74) is 6.50. The highest BCUT2D eigenvalue weighted by molar-refractivity contribution is 6.31. The summed E-state index contributed by atoms with van der Waals surface area (Å²) in [6, 6.07) is 1.82. The van der Waals surface area contributed by atoms with Crippen molar-refractivity contribution in [2.45, 2.75) is 13.2 Å². The molecule has 1 aliphatic rings. The van der Waals surface area contributed by atoms with Crippen molar-refractivity contribution in [3.8, 4) is 6.07 Å². The Morgan fingerprint density at radius 2 is 2.33 bits per heavy atom. The van der Waals surface area contributed by atoms with Crippen LogP contribution >= 0.6 is 11.6 Å². The van der Waals surface area contributed by atoms with Crippen molar-refractivity contribution in [3.63, 3.8) is 0 Å². The Morgan fingerprint density at radius 3 is 2.93 bits per heavy atom. The van der Waals surface area contributed by atoms with E-state index in [1.165, 1.54) is 0 Å². The maximum atomic E-state index is 11.2. The van der Waals surface area contributed by atoms with Crippen LogP contribution < -0.4 is 5.73 Å². The summed E-state index contributed by atoms with van der Waals surface area (Å²) in [5.74, 6) is -0.683. The number of carbonyl (C=O) groups is 1. The van der Waals surface area contributed by atoms with Crippen LogP contribution in [-0.4, -0.2) is 10.9 Å². The van der Waals surface area contributed by atoms with E-state index < -0.39 is 5.91 Å². The molecule has 2 heterocycles. The molecule has 0 fully saturated rings. The van der Waals surface area contributed by atoms with Gasteiger partial charge in [0.05, 0.1) is 24.5 Å². The maximum Gasteiger partial charge on any atom is 0.250 e. The first kappa shape index (κ1) is 9.90. The zero-order valence-electron chi connectivity index (χ0n) is 7.58. The Hall–Kier alpha value is -1.64. The first-order valence-corrected chi connectivity index (χ1v) is 4.52. The van der Waals surface area contributed by atoms with Gasteiger partial charge in [-0.25, -0.2) is 4.98 Å². The summed E-state index contributed by atoms with van der Waals surface area (Å²) in [5, 5.41) is 8.85. The second-order valence-corrected chi connectivity index (χ2v) is 3.40. The Bertz CT molecular complexity index is 492. The maximum absolute atomic E-state index is 11.2. The van der Waals surface area contributed by atoms with Crippen LogP contribution in [0, 0.1) is 11.3 Å². The van der Waals surface area contributed by atoms with Gasteiger partial charge in [0.25, 0.3) is 5.91 Å². The van der Waals surface area contributed by atoms with Gasteiger partial charge >= 0.3 is 0 Å². The van der Waals surface area contributed by atoms with Gasteiger partial charge in [0.2, 0.25) is 0 Å². The minimum absolute atomic E-state index is 0.00412. The van der Waals surface area contributed by atoms with Crippen LogP contribution in [0.2, 0.25) is 5.15 Å². The van der Waals surface area contributed by atoms with Gasteiger partial charge in [0, 0.05) is 5.56 Å². The van der Waals surface area contributed by atoms with Crippen molar-refractivity contribution in [1.82, 2.24) is 4.98 Å². The average molecular weight is 224 g/mol. The molecule has 0 bridgehead atoms. The summed E-state index contributed by atoms with van der Waals surface area (Å²) >= 11 is 5.76. The number of aromatic nitrogens is 1. The lowest BCUT2D eigenvalue weighted by molar-refractivity contribution is 0.0994. The molecule has 1 aromatic heterocycles. The van der Waals surface area contributed by atoms with Gasteiger partial charge in [0.1, 0.15) is 16.8 Å². The highest BCUT2D eigenvalue weighted by Crippen LogP contribution is 2.28. The molecule has 0 unspecified atom stereocenters. The lowest BCUT2D eigenvalue weighted by Gasteiger charge is -2.06. The Morgan fingerprint density at radius 1 is 1.60 bits per heavy atom. The summed E-state index contributed by atoms with van der Waals surface area (Å²) in [4.78, 5) is 15.2. The van der Waals surface area contributed by atoms with Gasteiger partial charge < -0.3 is 10.5 Å². The van der Waals surface area contributed by atoms with E-state index in [9.17, 15) is 4.79 Å². The van der Waals surface area contributed by atoms with Gasteiger partial charge in [0.15, 0.2) is 0 Å². The molecule has 0 atom stereocenters. The summed E-state index contributed by atoms with van der Waals surface area (Å²) < 4.78 is 5.12. The van der Waals surface area contributed by atoms with Gasteiger partial charge in [-0.1, -0.05) is 11.6 Å². The van der Waals surface area contributed by atoms with E-state index >= 15 is 0 Å². The van der Waals surface area contributed by atoms with E-state index in [1.807, 2.05) is 6.07 Å². The van der Waals surface area contributed by atoms with Gasteiger partial charge in [-0.3, -0.25) is 4.79 Å². The van der Waals surface area contributed by atoms with Crippen molar-refractivity contribution in [2.24, 2.45) is 5.73 Å². The van der Waals surface area contributed by atoms with Crippen molar-refractivity contribution in [2.75, 3.05) is 0 Å². The van der Waals surface area contributed by atoms with E-state index in [4.69, 9.17) is 27.3 Å². The minimum atomic E-state index is -0.683. The van der Waals surface area contributed by atoms with Crippen LogP contribution in [0.3, 0.4) is 0 Å². The van der Waals surface area contributed by atoms with Crippen LogP contribution in [0.4, 0.5) is 0 Å². The first-order valence-electron chi connectivity index (χ1n) is 4.14. The Kier molecular flexibility index (Phi) is 2.31. The molecule has 5 nitrogen and oxygen atoms in total. The molecule has 0 spiro atoms. The van der Waals surface area contributed by atoms with E-state index in [2.05, 4.69) is 4.98 Å². The second-order valence-electron chi connectivity index (χ2n) is 3.05. The monoisotopic (exact) mass is 223 g/mol. The third-order valence-electron chi connectivity index (χ3n) is 2.18. The Balaban J connectivity index is 2.78. The smallest absolute Gasteiger partial charge is 0.250 e. The zero-order valence-corrected chi connectivity index (χ0v) is 8.34. The number of hydrogen-bond acceptors (Lipinski definition) is 4. The van der Waals surface area contributed by atoms with E-state index in [1.54, 1.807) is 0 Å². The minimum Gasteiger partial charge on any atom is -0.370 e. The van der Waals surface area contributed by atoms with Crippen molar-refractivity contribution < 1.29 is 9.53 Å². The van der Waals surface area contributed by atoms with Crippen LogP contribution in [0.5, 0.6) is 0 Å². The normalized spacial score (nSPS) is 13.3. The second kappa shape index (κ2) is 3.50. The van der Waals surface area contributed by atoms with Crippen LogP contribution in [0.25, 0.3) is 0 Å². The van der Waals surface area contributed by atoms with Crippen molar-refractivity contribution >= 4 is 17.5 Å². The first-order chi connectivity index (χ1) is 7.15. The molecule has 76 valence electrons. The largest absolute Gasteiger partial charge is 0.370 e. The van der Waals surface area contributed by atoms with Gasteiger partial charge in [-0.15, -0.1) is 0 Å². The summed E-state index contributed by atoms with van der Waals surface area (Å²) in [7, 11) is 0. The number of primary amides is 1. The molecule has 2 N–H and O–H groups in total. The standard InChI is InChI=1S/C9H6ClN3O2/c10-8-4(1-11)7(9(12)14)5-2-15-3-6(5)13-8/h2-3H2,(H2,12,14). The summed E-state index contributed by atoms with van der Waals surface area (Å²) in [6.07, 6.45) is 0. The number of rotatable bonds is 1. The molecule has 6 heteroatoms. The van der Waals surface area contributed by atoms with Crippen molar-refractivity contribution in [1.29, 1.82) is 5.26 Å². The number of ether oxygens (including phenoxy) is 1. The molecule has 0 saturated carbocycles. The SMILES string of the molecule is N#Cc1c(Cl)nc2c(c1C(N)=O)COC2. The molecular formula is C9H6ClN3O2. The quantitative estimate of drug-likeness (QED) is 0.711.